The number of hydrogen-bond acceptors (Lipinski definition) is 6. The van der Waals surface area contributed by atoms with Crippen molar-refractivity contribution in [2.75, 3.05) is 24.2 Å². The van der Waals surface area contributed by atoms with Crippen molar-refractivity contribution in [2.24, 2.45) is 5.92 Å². The Morgan fingerprint density at radius 1 is 1.14 bits per heavy atom. The van der Waals surface area contributed by atoms with Gasteiger partial charge in [0.25, 0.3) is 0 Å². The summed E-state index contributed by atoms with van der Waals surface area (Å²) in [5, 5.41) is 6.21. The van der Waals surface area contributed by atoms with Crippen LogP contribution in [0.25, 0.3) is 5.95 Å². The highest BCUT2D eigenvalue weighted by molar-refractivity contribution is 5.37. The molecule has 2 aromatic rings. The molecule has 21 heavy (non-hydrogen) atoms. The number of imidazole rings is 1. The molecule has 2 rings (SSSR count). The third-order valence-corrected chi connectivity index (χ3v) is 3.07. The molecule has 0 spiro atoms. The Balaban J connectivity index is 1.97. The SMILES string of the molecule is CNc1nc(NCCCCC(C)C)nc(-n2ccnc2)n1. The average molecular weight is 289 g/mol. The maximum Gasteiger partial charge on any atom is 0.241 e. The van der Waals surface area contributed by atoms with Crippen LogP contribution >= 0.6 is 0 Å². The van der Waals surface area contributed by atoms with Crippen LogP contribution in [0.3, 0.4) is 0 Å². The van der Waals surface area contributed by atoms with Gasteiger partial charge in [0.2, 0.25) is 17.8 Å². The predicted molar refractivity (Wildman–Crippen MR) is 83.7 cm³/mol. The van der Waals surface area contributed by atoms with Crippen LogP contribution in [0, 0.1) is 5.92 Å². The summed E-state index contributed by atoms with van der Waals surface area (Å²) >= 11 is 0. The fourth-order valence-corrected chi connectivity index (χ4v) is 1.93. The van der Waals surface area contributed by atoms with Gasteiger partial charge < -0.3 is 10.6 Å². The van der Waals surface area contributed by atoms with E-state index in [0.29, 0.717) is 17.8 Å². The molecular weight excluding hydrogens is 266 g/mol. The lowest BCUT2D eigenvalue weighted by Gasteiger charge is -2.09. The van der Waals surface area contributed by atoms with E-state index in [9.17, 15) is 0 Å². The van der Waals surface area contributed by atoms with Crippen molar-refractivity contribution in [3.63, 3.8) is 0 Å². The standard InChI is InChI=1S/C14H23N7/c1-11(2)6-4-5-7-17-13-18-12(15-3)19-14(20-13)21-9-8-16-10-21/h8-11H,4-7H2,1-3H3,(H2,15,17,18,19,20). The Morgan fingerprint density at radius 3 is 2.62 bits per heavy atom. The van der Waals surface area contributed by atoms with E-state index in [4.69, 9.17) is 0 Å². The Bertz CT molecular complexity index is 536. The largest absolute Gasteiger partial charge is 0.357 e. The first-order valence-corrected chi connectivity index (χ1v) is 7.35. The smallest absolute Gasteiger partial charge is 0.241 e. The lowest BCUT2D eigenvalue weighted by molar-refractivity contribution is 0.544. The monoisotopic (exact) mass is 289 g/mol. The van der Waals surface area contributed by atoms with Gasteiger partial charge in [-0.2, -0.15) is 15.0 Å². The Hall–Kier alpha value is -2.18. The molecule has 2 aromatic heterocycles. The van der Waals surface area contributed by atoms with Crippen molar-refractivity contribution >= 4 is 11.9 Å². The summed E-state index contributed by atoms with van der Waals surface area (Å²) < 4.78 is 1.76. The summed E-state index contributed by atoms with van der Waals surface area (Å²) in [6, 6.07) is 0. The van der Waals surface area contributed by atoms with Crippen LogP contribution in [0.15, 0.2) is 18.7 Å². The normalized spacial score (nSPS) is 10.9. The topological polar surface area (TPSA) is 80.5 Å². The molecule has 0 aromatic carbocycles. The molecule has 0 aliphatic rings. The second-order valence-corrected chi connectivity index (χ2v) is 5.32. The van der Waals surface area contributed by atoms with E-state index in [2.05, 4.69) is 44.4 Å². The summed E-state index contributed by atoms with van der Waals surface area (Å²) in [5.41, 5.74) is 0. The zero-order valence-electron chi connectivity index (χ0n) is 12.9. The van der Waals surface area contributed by atoms with Gasteiger partial charge in [0.1, 0.15) is 6.33 Å². The van der Waals surface area contributed by atoms with Gasteiger partial charge in [-0.25, -0.2) is 4.98 Å². The van der Waals surface area contributed by atoms with Crippen LogP contribution in [0.1, 0.15) is 33.1 Å². The molecule has 0 radical (unpaired) electrons. The van der Waals surface area contributed by atoms with E-state index >= 15 is 0 Å². The number of rotatable bonds is 8. The quantitative estimate of drug-likeness (QED) is 0.726. The molecule has 2 heterocycles. The summed E-state index contributed by atoms with van der Waals surface area (Å²) in [6.45, 7) is 5.36. The van der Waals surface area contributed by atoms with Gasteiger partial charge in [0.15, 0.2) is 0 Å². The molecule has 2 N–H and O–H groups in total. The van der Waals surface area contributed by atoms with E-state index in [0.717, 1.165) is 18.9 Å². The zero-order valence-corrected chi connectivity index (χ0v) is 12.9. The number of hydrogen-bond donors (Lipinski definition) is 2. The van der Waals surface area contributed by atoms with Crippen LogP contribution in [-0.2, 0) is 0 Å². The van der Waals surface area contributed by atoms with Crippen LogP contribution < -0.4 is 10.6 Å². The molecule has 114 valence electrons. The molecule has 0 unspecified atom stereocenters. The summed E-state index contributed by atoms with van der Waals surface area (Å²) in [5.74, 6) is 2.43. The zero-order chi connectivity index (χ0) is 15.1. The van der Waals surface area contributed by atoms with Crippen LogP contribution in [0.4, 0.5) is 11.9 Å². The number of unbranched alkanes of at least 4 members (excludes halogenated alkanes) is 1. The molecule has 0 aliphatic carbocycles. The number of anilines is 2. The van der Waals surface area contributed by atoms with Gasteiger partial charge in [-0.1, -0.05) is 26.7 Å². The molecule has 0 amide bonds. The van der Waals surface area contributed by atoms with Crippen LogP contribution in [0.5, 0.6) is 0 Å². The van der Waals surface area contributed by atoms with Gasteiger partial charge in [-0.3, -0.25) is 4.57 Å². The first-order chi connectivity index (χ1) is 10.2. The van der Waals surface area contributed by atoms with Crippen molar-refractivity contribution in [3.05, 3.63) is 18.7 Å². The fourth-order valence-electron chi connectivity index (χ4n) is 1.93. The minimum absolute atomic E-state index is 0.540. The summed E-state index contributed by atoms with van der Waals surface area (Å²) in [4.78, 5) is 17.0. The van der Waals surface area contributed by atoms with Gasteiger partial charge in [0, 0.05) is 26.0 Å². The van der Waals surface area contributed by atoms with Crippen molar-refractivity contribution in [3.8, 4) is 5.95 Å². The Morgan fingerprint density at radius 2 is 1.95 bits per heavy atom. The number of aromatic nitrogens is 5. The van der Waals surface area contributed by atoms with E-state index < -0.39 is 0 Å². The highest BCUT2D eigenvalue weighted by atomic mass is 15.3. The van der Waals surface area contributed by atoms with Crippen molar-refractivity contribution in [1.29, 1.82) is 0 Å². The lowest BCUT2D eigenvalue weighted by Crippen LogP contribution is -2.11. The maximum atomic E-state index is 4.41. The second-order valence-electron chi connectivity index (χ2n) is 5.32. The molecular formula is C14H23N7. The molecule has 0 bridgehead atoms. The van der Waals surface area contributed by atoms with E-state index in [-0.39, 0.29) is 0 Å². The van der Waals surface area contributed by atoms with Gasteiger partial charge >= 0.3 is 0 Å². The Labute approximate surface area is 125 Å². The van der Waals surface area contributed by atoms with Gasteiger partial charge in [-0.05, 0) is 12.3 Å². The molecule has 0 fully saturated rings. The molecule has 0 saturated heterocycles. The first kappa shape index (κ1) is 15.2. The van der Waals surface area contributed by atoms with Crippen molar-refractivity contribution in [1.82, 2.24) is 24.5 Å². The van der Waals surface area contributed by atoms with Gasteiger partial charge in [-0.15, -0.1) is 0 Å². The molecule has 0 saturated carbocycles. The van der Waals surface area contributed by atoms with Crippen LogP contribution in [0.2, 0.25) is 0 Å². The predicted octanol–water partition coefficient (Wildman–Crippen LogP) is 2.34. The minimum atomic E-state index is 0.540. The Kier molecular flexibility index (Phi) is 5.48. The highest BCUT2D eigenvalue weighted by Crippen LogP contribution is 2.10. The molecule has 0 atom stereocenters. The molecule has 0 aliphatic heterocycles. The average Bonchev–Trinajstić information content (AvgIpc) is 3.00. The lowest BCUT2D eigenvalue weighted by atomic mass is 10.1. The number of nitrogens with zero attached hydrogens (tertiary/aromatic N) is 5. The second kappa shape index (κ2) is 7.56. The maximum absolute atomic E-state index is 4.41. The first-order valence-electron chi connectivity index (χ1n) is 7.35. The summed E-state index contributed by atoms with van der Waals surface area (Å²) in [7, 11) is 1.79. The van der Waals surface area contributed by atoms with Gasteiger partial charge in [0.05, 0.1) is 0 Å². The number of nitrogens with one attached hydrogen (secondary N) is 2. The third-order valence-electron chi connectivity index (χ3n) is 3.07. The van der Waals surface area contributed by atoms with E-state index in [1.54, 1.807) is 30.3 Å². The van der Waals surface area contributed by atoms with Crippen molar-refractivity contribution in [2.45, 2.75) is 33.1 Å². The minimum Gasteiger partial charge on any atom is -0.357 e. The van der Waals surface area contributed by atoms with E-state index in [1.165, 1.54) is 12.8 Å². The fraction of sp³-hybridized carbons (Fsp3) is 0.571. The van der Waals surface area contributed by atoms with Crippen molar-refractivity contribution < 1.29 is 0 Å². The summed E-state index contributed by atoms with van der Waals surface area (Å²) in [6.07, 6.45) is 8.74. The third kappa shape index (κ3) is 4.70. The van der Waals surface area contributed by atoms with E-state index in [1.807, 2.05) is 0 Å². The molecule has 7 heteroatoms. The molecule has 7 nitrogen and oxygen atoms in total. The highest BCUT2D eigenvalue weighted by Gasteiger charge is 2.06. The van der Waals surface area contributed by atoms with Crippen LogP contribution in [-0.4, -0.2) is 38.1 Å².